The maximum atomic E-state index is 10.1. The van der Waals surface area contributed by atoms with E-state index >= 15 is 0 Å². The number of carboxylic acids is 2. The summed E-state index contributed by atoms with van der Waals surface area (Å²) in [6, 6.07) is 0. The number of aliphatic hydroxyl groups excluding tert-OH is 4. The summed E-state index contributed by atoms with van der Waals surface area (Å²) in [5, 5.41) is 51.5. The van der Waals surface area contributed by atoms with Gasteiger partial charge in [0.1, 0.15) is 12.2 Å². The van der Waals surface area contributed by atoms with Crippen LogP contribution in [-0.4, -0.2) is 67.0 Å². The van der Waals surface area contributed by atoms with Crippen molar-refractivity contribution in [2.45, 2.75) is 24.4 Å². The van der Waals surface area contributed by atoms with Crippen LogP contribution >= 0.6 is 0 Å². The molecule has 15 heavy (non-hydrogen) atoms. The summed E-state index contributed by atoms with van der Waals surface area (Å²) >= 11 is 0. The summed E-state index contributed by atoms with van der Waals surface area (Å²) in [6.45, 7) is 0. The molecule has 9 heteroatoms. The van der Waals surface area contributed by atoms with Crippen LogP contribution in [0.1, 0.15) is 0 Å². The van der Waals surface area contributed by atoms with E-state index in [-0.39, 0.29) is 19.5 Å². The van der Waals surface area contributed by atoms with Gasteiger partial charge in [-0.05, 0) is 0 Å². The van der Waals surface area contributed by atoms with Gasteiger partial charge in [-0.25, -0.2) is 9.59 Å². The zero-order chi connectivity index (χ0) is 11.5. The summed E-state index contributed by atoms with van der Waals surface area (Å²) in [7, 11) is 0. The van der Waals surface area contributed by atoms with E-state index in [1.165, 1.54) is 0 Å². The smallest absolute Gasteiger partial charge is 0.335 e. The molecule has 0 radical (unpaired) electrons. The van der Waals surface area contributed by atoms with Crippen molar-refractivity contribution in [3.05, 3.63) is 0 Å². The Morgan fingerprint density at radius 2 is 0.933 bits per heavy atom. The number of aliphatic hydroxyl groups is 4. The number of aliphatic carboxylic acids is 2. The van der Waals surface area contributed by atoms with Crippen molar-refractivity contribution in [3.8, 4) is 0 Å². The van der Waals surface area contributed by atoms with E-state index < -0.39 is 36.4 Å². The van der Waals surface area contributed by atoms with Gasteiger partial charge >= 0.3 is 11.9 Å². The van der Waals surface area contributed by atoms with E-state index in [4.69, 9.17) is 30.6 Å². The molecule has 0 aromatic heterocycles. The van der Waals surface area contributed by atoms with Crippen molar-refractivity contribution in [3.63, 3.8) is 0 Å². The molecule has 0 fully saturated rings. The van der Waals surface area contributed by atoms with E-state index in [2.05, 4.69) is 0 Å². The molecule has 0 amide bonds. The van der Waals surface area contributed by atoms with E-state index in [9.17, 15) is 9.59 Å². The molecule has 0 saturated carbocycles. The van der Waals surface area contributed by atoms with E-state index in [0.29, 0.717) is 0 Å². The largest absolute Gasteiger partial charge is 0.479 e. The van der Waals surface area contributed by atoms with Crippen LogP contribution in [0.25, 0.3) is 0 Å². The second kappa shape index (κ2) is 6.81. The quantitative estimate of drug-likeness (QED) is 0.284. The van der Waals surface area contributed by atoms with Crippen molar-refractivity contribution in [1.82, 2.24) is 0 Å². The minimum absolute atomic E-state index is 0. The molecule has 0 rings (SSSR count). The number of rotatable bonds is 5. The third-order valence-electron chi connectivity index (χ3n) is 1.50. The molecule has 0 aromatic carbocycles. The molecule has 0 spiro atoms. The van der Waals surface area contributed by atoms with Gasteiger partial charge in [-0.1, -0.05) is 0 Å². The Morgan fingerprint density at radius 3 is 1.07 bits per heavy atom. The topological polar surface area (TPSA) is 156 Å². The van der Waals surface area contributed by atoms with E-state index in [0.717, 1.165) is 0 Å². The zero-order valence-corrected chi connectivity index (χ0v) is 10.5. The molecule has 0 aliphatic heterocycles. The van der Waals surface area contributed by atoms with Crippen molar-refractivity contribution >= 4 is 11.9 Å². The minimum Gasteiger partial charge on any atom is -0.479 e. The summed E-state index contributed by atoms with van der Waals surface area (Å²) < 4.78 is 0. The van der Waals surface area contributed by atoms with Crippen LogP contribution in [0.4, 0.5) is 0 Å². The Hall–Kier alpha value is -0.597. The zero-order valence-electron chi connectivity index (χ0n) is 7.52. The van der Waals surface area contributed by atoms with Crippen LogP contribution in [0.15, 0.2) is 0 Å². The standard InChI is InChI=1S/C6H10O8.Zn/c7-1(3(9)5(11)12)2(8)4(10)6(13)14;/h1-4,7-10H,(H,11,12)(H,13,14);. The maximum Gasteiger partial charge on any atom is 0.335 e. The molecule has 4 atom stereocenters. The first kappa shape index (κ1) is 16.8. The molecule has 0 bridgehead atoms. The monoisotopic (exact) mass is 274 g/mol. The first-order valence-corrected chi connectivity index (χ1v) is 3.47. The predicted octanol–water partition coefficient (Wildman–Crippen LogP) is -3.40. The number of carbonyl (C=O) groups is 2. The SMILES string of the molecule is O=C(O)C(O)C(O)C(O)C(O)C(=O)O.[Zn]. The van der Waals surface area contributed by atoms with Crippen LogP contribution in [-0.2, 0) is 29.1 Å². The normalized spacial score (nSPS) is 18.1. The van der Waals surface area contributed by atoms with Crippen LogP contribution in [0.5, 0.6) is 0 Å². The first-order chi connectivity index (χ1) is 6.29. The molecule has 84 valence electrons. The third-order valence-corrected chi connectivity index (χ3v) is 1.50. The van der Waals surface area contributed by atoms with Crippen molar-refractivity contribution < 1.29 is 59.7 Å². The average molecular weight is 276 g/mol. The van der Waals surface area contributed by atoms with Gasteiger partial charge in [0.05, 0.1) is 0 Å². The van der Waals surface area contributed by atoms with E-state index in [1.807, 2.05) is 0 Å². The van der Waals surface area contributed by atoms with E-state index in [1.54, 1.807) is 0 Å². The second-order valence-corrected chi connectivity index (χ2v) is 2.55. The summed E-state index contributed by atoms with van der Waals surface area (Å²) in [4.78, 5) is 20.2. The molecule has 0 aromatic rings. The summed E-state index contributed by atoms with van der Waals surface area (Å²) in [6.07, 6.45) is -9.28. The van der Waals surface area contributed by atoms with Crippen molar-refractivity contribution in [2.24, 2.45) is 0 Å². The molecular formula is C6H10O8Zn. The van der Waals surface area contributed by atoms with Gasteiger partial charge in [0.15, 0.2) is 12.2 Å². The molecule has 0 heterocycles. The molecule has 6 N–H and O–H groups in total. The fourth-order valence-corrected chi connectivity index (χ4v) is 0.666. The van der Waals surface area contributed by atoms with Gasteiger partial charge in [0, 0.05) is 19.5 Å². The third kappa shape index (κ3) is 4.63. The maximum absolute atomic E-state index is 10.1. The molecule has 8 nitrogen and oxygen atoms in total. The average Bonchev–Trinajstić information content (AvgIpc) is 2.12. The van der Waals surface area contributed by atoms with Crippen molar-refractivity contribution in [1.29, 1.82) is 0 Å². The Labute approximate surface area is 96.5 Å². The molecule has 0 aliphatic rings. The first-order valence-electron chi connectivity index (χ1n) is 3.47. The summed E-state index contributed by atoms with van der Waals surface area (Å²) in [5.74, 6) is -3.68. The van der Waals surface area contributed by atoms with Crippen LogP contribution in [0, 0.1) is 0 Å². The molecule has 4 unspecified atom stereocenters. The fourth-order valence-electron chi connectivity index (χ4n) is 0.666. The van der Waals surface area contributed by atoms with Gasteiger partial charge in [-0.15, -0.1) is 0 Å². The van der Waals surface area contributed by atoms with Crippen LogP contribution in [0.3, 0.4) is 0 Å². The number of carboxylic acid groups (broad SMARTS) is 2. The summed E-state index contributed by atoms with van der Waals surface area (Å²) in [5.41, 5.74) is 0. The van der Waals surface area contributed by atoms with Crippen LogP contribution < -0.4 is 0 Å². The van der Waals surface area contributed by atoms with Gasteiger partial charge in [-0.3, -0.25) is 0 Å². The Balaban J connectivity index is 0. The van der Waals surface area contributed by atoms with Crippen LogP contribution in [0.2, 0.25) is 0 Å². The van der Waals surface area contributed by atoms with Gasteiger partial charge in [0.25, 0.3) is 0 Å². The minimum atomic E-state index is -2.36. The Morgan fingerprint density at radius 1 is 0.733 bits per heavy atom. The molecule has 0 aliphatic carbocycles. The Bertz CT molecular complexity index is 207. The van der Waals surface area contributed by atoms with Crippen molar-refractivity contribution in [2.75, 3.05) is 0 Å². The number of hydrogen-bond acceptors (Lipinski definition) is 6. The second-order valence-electron chi connectivity index (χ2n) is 2.55. The fraction of sp³-hybridized carbons (Fsp3) is 0.667. The Kier molecular flexibility index (Phi) is 7.63. The molecule has 0 saturated heterocycles. The number of hydrogen-bond donors (Lipinski definition) is 6. The van der Waals surface area contributed by atoms with Gasteiger partial charge in [-0.2, -0.15) is 0 Å². The van der Waals surface area contributed by atoms with Gasteiger partial charge in [0.2, 0.25) is 0 Å². The molecular weight excluding hydrogens is 265 g/mol. The van der Waals surface area contributed by atoms with Gasteiger partial charge < -0.3 is 30.6 Å². The predicted molar refractivity (Wildman–Crippen MR) is 39.3 cm³/mol.